The molecule has 0 spiro atoms. The number of rotatable bonds is 2. The second-order valence-electron chi connectivity index (χ2n) is 3.02. The highest BCUT2D eigenvalue weighted by molar-refractivity contribution is 5.76. The van der Waals surface area contributed by atoms with Crippen LogP contribution in [0, 0.1) is 11.8 Å². The molecule has 0 aliphatic rings. The summed E-state index contributed by atoms with van der Waals surface area (Å²) in [7, 11) is 0. The van der Waals surface area contributed by atoms with E-state index in [2.05, 4.69) is 11.8 Å². The van der Waals surface area contributed by atoms with E-state index >= 15 is 0 Å². The molecule has 1 aromatic rings. The maximum Gasteiger partial charge on any atom is 0.229 e. The Balaban J connectivity index is 2.85. The number of nitrogen functional groups attached to an aromatic ring is 1. The maximum atomic E-state index is 10.4. The van der Waals surface area contributed by atoms with Gasteiger partial charge in [0.15, 0.2) is 0 Å². The number of aliphatic hydroxyl groups is 1. The molecule has 0 bridgehead atoms. The molecule has 0 fully saturated rings. The van der Waals surface area contributed by atoms with Crippen LogP contribution in [0.2, 0.25) is 0 Å². The summed E-state index contributed by atoms with van der Waals surface area (Å²) in [5, 5.41) is 8.95. The Morgan fingerprint density at radius 2 is 2.20 bits per heavy atom. The lowest BCUT2D eigenvalue weighted by Gasteiger charge is -2.01. The molecule has 0 aromatic heterocycles. The van der Waals surface area contributed by atoms with E-state index in [1.165, 1.54) is 0 Å². The van der Waals surface area contributed by atoms with Crippen molar-refractivity contribution in [1.82, 2.24) is 0 Å². The summed E-state index contributed by atoms with van der Waals surface area (Å²) in [6.07, 6.45) is 0.0266. The molecular weight excluding hydrogens is 192 g/mol. The fourth-order valence-electron chi connectivity index (χ4n) is 1.05. The fourth-order valence-corrected chi connectivity index (χ4v) is 1.05. The first kappa shape index (κ1) is 11.1. The number of carbonyl (C=O) groups excluding carboxylic acids is 1. The zero-order chi connectivity index (χ0) is 11.3. The quantitative estimate of drug-likeness (QED) is 0.467. The van der Waals surface area contributed by atoms with Crippen LogP contribution in [0.4, 0.5) is 5.69 Å². The van der Waals surface area contributed by atoms with Gasteiger partial charge in [0.2, 0.25) is 5.91 Å². The molecule has 0 aliphatic heterocycles. The van der Waals surface area contributed by atoms with Gasteiger partial charge in [-0.3, -0.25) is 4.79 Å². The van der Waals surface area contributed by atoms with E-state index in [0.29, 0.717) is 16.8 Å². The van der Waals surface area contributed by atoms with E-state index in [1.54, 1.807) is 18.2 Å². The van der Waals surface area contributed by atoms with Crippen LogP contribution in [0.5, 0.6) is 0 Å². The number of amides is 1. The van der Waals surface area contributed by atoms with Gasteiger partial charge in [-0.25, -0.2) is 0 Å². The Kier molecular flexibility index (Phi) is 3.72. The number of hydrogen-bond donors (Lipinski definition) is 3. The first-order chi connectivity index (χ1) is 7.13. The highest BCUT2D eigenvalue weighted by Crippen LogP contribution is 2.13. The predicted octanol–water partition coefficient (Wildman–Crippen LogP) is -0.0120. The van der Waals surface area contributed by atoms with Crippen LogP contribution < -0.4 is 11.5 Å². The van der Waals surface area contributed by atoms with E-state index in [9.17, 15) is 4.79 Å². The van der Waals surface area contributed by atoms with Crippen molar-refractivity contribution in [2.45, 2.75) is 13.0 Å². The van der Waals surface area contributed by atoms with Crippen LogP contribution in [-0.2, 0) is 11.4 Å². The van der Waals surface area contributed by atoms with Gasteiger partial charge in [0.05, 0.1) is 13.0 Å². The lowest BCUT2D eigenvalue weighted by molar-refractivity contribution is -0.117. The summed E-state index contributed by atoms with van der Waals surface area (Å²) in [5.41, 5.74) is 12.4. The normalized spacial score (nSPS) is 9.13. The third-order valence-electron chi connectivity index (χ3n) is 1.81. The zero-order valence-electron chi connectivity index (χ0n) is 8.16. The van der Waals surface area contributed by atoms with Crippen LogP contribution in [0.25, 0.3) is 0 Å². The highest BCUT2D eigenvalue weighted by atomic mass is 16.3. The van der Waals surface area contributed by atoms with Crippen LogP contribution >= 0.6 is 0 Å². The van der Waals surface area contributed by atoms with Gasteiger partial charge < -0.3 is 16.6 Å². The molecule has 0 saturated carbocycles. The average molecular weight is 204 g/mol. The summed E-state index contributed by atoms with van der Waals surface area (Å²) in [6.45, 7) is -0.128. The maximum absolute atomic E-state index is 10.4. The van der Waals surface area contributed by atoms with Crippen molar-refractivity contribution in [3.8, 4) is 11.8 Å². The Morgan fingerprint density at radius 3 is 2.80 bits per heavy atom. The Hall–Kier alpha value is -1.99. The molecule has 1 amide bonds. The number of hydrogen-bond acceptors (Lipinski definition) is 3. The van der Waals surface area contributed by atoms with Crippen molar-refractivity contribution in [3.05, 3.63) is 29.3 Å². The molecular formula is C11H12N2O2. The smallest absolute Gasteiger partial charge is 0.229 e. The van der Waals surface area contributed by atoms with Crippen LogP contribution in [0.1, 0.15) is 17.5 Å². The number of primary amides is 1. The van der Waals surface area contributed by atoms with Crippen molar-refractivity contribution in [2.24, 2.45) is 5.73 Å². The van der Waals surface area contributed by atoms with Crippen LogP contribution in [-0.4, -0.2) is 11.0 Å². The lowest BCUT2D eigenvalue weighted by Crippen LogP contribution is -2.08. The van der Waals surface area contributed by atoms with Crippen LogP contribution in [0.15, 0.2) is 18.2 Å². The fraction of sp³-hybridized carbons (Fsp3) is 0.182. The summed E-state index contributed by atoms with van der Waals surface area (Å²) in [5.74, 6) is 4.93. The molecule has 15 heavy (non-hydrogen) atoms. The van der Waals surface area contributed by atoms with Gasteiger partial charge >= 0.3 is 0 Å². The van der Waals surface area contributed by atoms with Gasteiger partial charge in [-0.15, -0.1) is 0 Å². The molecule has 4 nitrogen and oxygen atoms in total. The Bertz CT molecular complexity index is 430. The minimum Gasteiger partial charge on any atom is -0.398 e. The summed E-state index contributed by atoms with van der Waals surface area (Å²) >= 11 is 0. The molecule has 4 heteroatoms. The van der Waals surface area contributed by atoms with E-state index < -0.39 is 5.91 Å². The third kappa shape index (κ3) is 3.33. The van der Waals surface area contributed by atoms with Crippen molar-refractivity contribution < 1.29 is 9.90 Å². The summed E-state index contributed by atoms with van der Waals surface area (Å²) in [4.78, 5) is 10.4. The van der Waals surface area contributed by atoms with Gasteiger partial charge in [0, 0.05) is 16.8 Å². The van der Waals surface area contributed by atoms with Crippen molar-refractivity contribution in [1.29, 1.82) is 0 Å². The minimum atomic E-state index is -0.458. The number of carbonyl (C=O) groups is 1. The number of aliphatic hydroxyl groups excluding tert-OH is 1. The Labute approximate surface area is 87.9 Å². The molecule has 0 radical (unpaired) electrons. The first-order valence-corrected chi connectivity index (χ1v) is 4.40. The number of benzene rings is 1. The highest BCUT2D eigenvalue weighted by Gasteiger charge is 1.97. The van der Waals surface area contributed by atoms with E-state index in [4.69, 9.17) is 16.6 Å². The monoisotopic (exact) mass is 204 g/mol. The second-order valence-corrected chi connectivity index (χ2v) is 3.02. The topological polar surface area (TPSA) is 89.3 Å². The molecule has 0 heterocycles. The first-order valence-electron chi connectivity index (χ1n) is 4.40. The van der Waals surface area contributed by atoms with E-state index in [1.807, 2.05) is 0 Å². The molecule has 0 atom stereocenters. The van der Waals surface area contributed by atoms with E-state index in [0.717, 1.165) is 0 Å². The predicted molar refractivity (Wildman–Crippen MR) is 57.5 cm³/mol. The molecule has 5 N–H and O–H groups in total. The van der Waals surface area contributed by atoms with Crippen molar-refractivity contribution in [3.63, 3.8) is 0 Å². The molecule has 1 rings (SSSR count). The molecule has 1 aromatic carbocycles. The standard InChI is InChI=1S/C11H12N2O2/c12-10-5-4-8(6-9(10)7-14)2-1-3-11(13)15/h4-6,14H,3,7,12H2,(H2,13,15). The molecule has 0 aliphatic carbocycles. The van der Waals surface area contributed by atoms with E-state index in [-0.39, 0.29) is 13.0 Å². The lowest BCUT2D eigenvalue weighted by atomic mass is 10.1. The van der Waals surface area contributed by atoms with Crippen LogP contribution in [0.3, 0.4) is 0 Å². The SMILES string of the molecule is NC(=O)CC#Cc1ccc(N)c(CO)c1. The van der Waals surface area contributed by atoms with Crippen molar-refractivity contribution in [2.75, 3.05) is 5.73 Å². The zero-order valence-corrected chi connectivity index (χ0v) is 8.16. The van der Waals surface area contributed by atoms with Gasteiger partial charge in [0.25, 0.3) is 0 Å². The molecule has 78 valence electrons. The average Bonchev–Trinajstić information content (AvgIpc) is 2.20. The number of anilines is 1. The Morgan fingerprint density at radius 1 is 1.47 bits per heavy atom. The summed E-state index contributed by atoms with van der Waals surface area (Å²) < 4.78 is 0. The summed E-state index contributed by atoms with van der Waals surface area (Å²) in [6, 6.07) is 5.08. The van der Waals surface area contributed by atoms with Gasteiger partial charge in [-0.2, -0.15) is 0 Å². The third-order valence-corrected chi connectivity index (χ3v) is 1.81. The van der Waals surface area contributed by atoms with Gasteiger partial charge in [0.1, 0.15) is 0 Å². The van der Waals surface area contributed by atoms with Gasteiger partial charge in [-0.1, -0.05) is 11.8 Å². The largest absolute Gasteiger partial charge is 0.398 e. The van der Waals surface area contributed by atoms with Crippen molar-refractivity contribution >= 4 is 11.6 Å². The second kappa shape index (κ2) is 5.03. The molecule has 0 unspecified atom stereocenters. The minimum absolute atomic E-state index is 0.0266. The van der Waals surface area contributed by atoms with Gasteiger partial charge in [-0.05, 0) is 18.2 Å². The molecule has 0 saturated heterocycles. The number of nitrogens with two attached hydrogens (primary N) is 2.